The van der Waals surface area contributed by atoms with E-state index in [0.717, 1.165) is 38.5 Å². The Balaban J connectivity index is 1.56. The molecule has 0 bridgehead atoms. The van der Waals surface area contributed by atoms with Crippen LogP contribution in [0.5, 0.6) is 0 Å². The van der Waals surface area contributed by atoms with Crippen molar-refractivity contribution < 1.29 is 19.1 Å². The summed E-state index contributed by atoms with van der Waals surface area (Å²) in [6.45, 7) is 12.9. The molecule has 40 heavy (non-hydrogen) atoms. The molecule has 0 aliphatic heterocycles. The highest BCUT2D eigenvalue weighted by atomic mass is 16.5. The summed E-state index contributed by atoms with van der Waals surface area (Å²) in [4.78, 5) is 24.4. The van der Waals surface area contributed by atoms with Crippen LogP contribution in [0.4, 0.5) is 0 Å². The summed E-state index contributed by atoms with van der Waals surface area (Å²) in [5, 5.41) is 7.01. The SMILES string of the molecule is CC[C@@H]1C2C[C@H](OC(C)=O)CC[C@@]2(C)[C@H]2CCC3(C)C([C@H](C)CCCC/C(N=N)=N/N)CC[C@H]3C2[C@@H]1OC(C)=O. The van der Waals surface area contributed by atoms with Gasteiger partial charge in [0.2, 0.25) is 0 Å². The van der Waals surface area contributed by atoms with E-state index in [1.54, 1.807) is 6.92 Å². The quantitative estimate of drug-likeness (QED) is 0.0586. The molecule has 0 spiro atoms. The van der Waals surface area contributed by atoms with E-state index in [-0.39, 0.29) is 35.0 Å². The molecule has 0 aromatic heterocycles. The number of hydrazone groups is 1. The van der Waals surface area contributed by atoms with Crippen LogP contribution in [-0.2, 0) is 19.1 Å². The van der Waals surface area contributed by atoms with Gasteiger partial charge in [-0.2, -0.15) is 5.10 Å². The second-order valence-corrected chi connectivity index (χ2v) is 14.2. The van der Waals surface area contributed by atoms with E-state index in [0.29, 0.717) is 53.7 Å². The fourth-order valence-corrected chi connectivity index (χ4v) is 10.7. The van der Waals surface area contributed by atoms with Crippen LogP contribution in [0, 0.1) is 57.8 Å². The molecule has 0 aromatic rings. The van der Waals surface area contributed by atoms with Gasteiger partial charge in [-0.05, 0) is 104 Å². The number of hydrogen-bond donors (Lipinski definition) is 2. The Bertz CT molecular complexity index is 971. The molecule has 4 unspecified atom stereocenters. The van der Waals surface area contributed by atoms with E-state index in [1.807, 2.05) is 0 Å². The lowest BCUT2D eigenvalue weighted by Gasteiger charge is -2.65. The first-order valence-electron chi connectivity index (χ1n) is 16.0. The maximum Gasteiger partial charge on any atom is 0.302 e. The van der Waals surface area contributed by atoms with Crippen LogP contribution < -0.4 is 5.84 Å². The summed E-state index contributed by atoms with van der Waals surface area (Å²) in [6, 6.07) is 0. The Kier molecular flexibility index (Phi) is 9.66. The van der Waals surface area contributed by atoms with Crippen molar-refractivity contribution in [3.8, 4) is 0 Å². The Morgan fingerprint density at radius 1 is 0.975 bits per heavy atom. The predicted molar refractivity (Wildman–Crippen MR) is 155 cm³/mol. The second-order valence-electron chi connectivity index (χ2n) is 14.2. The van der Waals surface area contributed by atoms with Gasteiger partial charge in [0.15, 0.2) is 5.84 Å². The summed E-state index contributed by atoms with van der Waals surface area (Å²) in [6.07, 6.45) is 12.6. The molecule has 0 heterocycles. The van der Waals surface area contributed by atoms with Crippen molar-refractivity contribution in [2.45, 2.75) is 131 Å². The largest absolute Gasteiger partial charge is 0.463 e. The third kappa shape index (κ3) is 5.70. The first-order valence-corrected chi connectivity index (χ1v) is 16.0. The predicted octanol–water partition coefficient (Wildman–Crippen LogP) is 7.25. The number of amidine groups is 1. The number of hydrogen-bond acceptors (Lipinski definition) is 7. The van der Waals surface area contributed by atoms with Gasteiger partial charge in [0.05, 0.1) is 0 Å². The maximum atomic E-state index is 12.6. The van der Waals surface area contributed by atoms with Gasteiger partial charge in [-0.15, -0.1) is 5.11 Å². The fourth-order valence-electron chi connectivity index (χ4n) is 10.7. The van der Waals surface area contributed by atoms with Crippen molar-refractivity contribution >= 4 is 17.8 Å². The van der Waals surface area contributed by atoms with E-state index in [4.69, 9.17) is 20.8 Å². The summed E-state index contributed by atoms with van der Waals surface area (Å²) >= 11 is 0. The van der Waals surface area contributed by atoms with Crippen LogP contribution in [0.1, 0.15) is 119 Å². The van der Waals surface area contributed by atoms with Crippen molar-refractivity contribution in [3.63, 3.8) is 0 Å². The summed E-state index contributed by atoms with van der Waals surface area (Å²) in [7, 11) is 0. The van der Waals surface area contributed by atoms with Gasteiger partial charge in [-0.25, -0.2) is 5.53 Å². The first-order chi connectivity index (χ1) is 19.0. The second kappa shape index (κ2) is 12.5. The molecule has 4 rings (SSSR count). The van der Waals surface area contributed by atoms with Gasteiger partial charge >= 0.3 is 11.9 Å². The monoisotopic (exact) mass is 558 g/mol. The number of nitrogens with one attached hydrogen (secondary N) is 1. The van der Waals surface area contributed by atoms with E-state index in [1.165, 1.54) is 39.0 Å². The van der Waals surface area contributed by atoms with Gasteiger partial charge in [0.25, 0.3) is 0 Å². The minimum atomic E-state index is -0.189. The molecule has 3 N–H and O–H groups in total. The molecule has 11 atom stereocenters. The van der Waals surface area contributed by atoms with Crippen molar-refractivity contribution in [2.24, 2.45) is 68.3 Å². The van der Waals surface area contributed by atoms with E-state index < -0.39 is 0 Å². The van der Waals surface area contributed by atoms with Gasteiger partial charge in [-0.1, -0.05) is 40.5 Å². The topological polar surface area (TPSA) is 127 Å². The van der Waals surface area contributed by atoms with Gasteiger partial charge in [-0.3, -0.25) is 9.59 Å². The normalized spacial score (nSPS) is 41.7. The zero-order chi connectivity index (χ0) is 29.2. The van der Waals surface area contributed by atoms with Crippen LogP contribution in [0.3, 0.4) is 0 Å². The van der Waals surface area contributed by atoms with Gasteiger partial charge < -0.3 is 15.3 Å². The van der Waals surface area contributed by atoms with Crippen molar-refractivity contribution in [3.05, 3.63) is 0 Å². The smallest absolute Gasteiger partial charge is 0.302 e. The Morgan fingerprint density at radius 2 is 1.65 bits per heavy atom. The number of ether oxygens (including phenoxy) is 2. The van der Waals surface area contributed by atoms with Crippen molar-refractivity contribution in [1.29, 1.82) is 5.53 Å². The minimum absolute atomic E-state index is 0.0216. The highest BCUT2D eigenvalue weighted by molar-refractivity contribution is 5.81. The summed E-state index contributed by atoms with van der Waals surface area (Å²) in [5.41, 5.74) is 7.62. The number of carbonyl (C=O) groups is 2. The van der Waals surface area contributed by atoms with Crippen LogP contribution in [0.25, 0.3) is 0 Å². The average Bonchev–Trinajstić information content (AvgIpc) is 3.26. The molecular formula is C32H54N4O4. The number of unbranched alkanes of at least 4 members (excludes halogenated alkanes) is 1. The lowest BCUT2D eigenvalue weighted by atomic mass is 9.41. The molecule has 4 aliphatic carbocycles. The molecule has 0 amide bonds. The van der Waals surface area contributed by atoms with Crippen LogP contribution in [0.15, 0.2) is 10.2 Å². The lowest BCUT2D eigenvalue weighted by molar-refractivity contribution is -0.219. The minimum Gasteiger partial charge on any atom is -0.463 e. The molecule has 0 radical (unpaired) electrons. The van der Waals surface area contributed by atoms with Crippen LogP contribution >= 0.6 is 0 Å². The lowest BCUT2D eigenvalue weighted by Crippen LogP contribution is -2.63. The van der Waals surface area contributed by atoms with E-state index in [2.05, 4.69) is 37.9 Å². The first kappa shape index (κ1) is 31.0. The fraction of sp³-hybridized carbons (Fsp3) is 0.906. The molecule has 8 heteroatoms. The molecule has 8 nitrogen and oxygen atoms in total. The number of nitrogens with zero attached hydrogens (tertiary/aromatic N) is 2. The summed E-state index contributed by atoms with van der Waals surface area (Å²) < 4.78 is 12.1. The van der Waals surface area contributed by atoms with Crippen molar-refractivity contribution in [1.82, 2.24) is 0 Å². The summed E-state index contributed by atoms with van der Waals surface area (Å²) in [5.74, 6) is 8.91. The third-order valence-corrected chi connectivity index (χ3v) is 12.3. The maximum absolute atomic E-state index is 12.6. The Morgan fingerprint density at radius 3 is 2.27 bits per heavy atom. The zero-order valence-electron chi connectivity index (χ0n) is 25.8. The van der Waals surface area contributed by atoms with Gasteiger partial charge in [0, 0.05) is 26.2 Å². The molecular weight excluding hydrogens is 504 g/mol. The molecule has 4 fully saturated rings. The number of rotatable bonds is 9. The molecule has 226 valence electrons. The van der Waals surface area contributed by atoms with Crippen LogP contribution in [-0.4, -0.2) is 30.0 Å². The zero-order valence-corrected chi connectivity index (χ0v) is 25.8. The Labute approximate surface area is 241 Å². The number of nitrogens with two attached hydrogens (primary N) is 1. The standard InChI is InChI=1S/C32H54N4O4/c1-7-23-27-18-22(39-20(3)37)14-16-32(27,6)26-15-17-31(5)24(19(2)10-8-9-11-28(35-33)36-34)12-13-25(31)29(26)30(23)40-21(4)38/h19,22-27,29-30,33H,7-18,34H2,1-6H3/b35-33?,36-28-/t19-,22-,23-,24?,25+,26+,27?,29?,30-,31?,32+/m1/s1. The van der Waals surface area contributed by atoms with Crippen molar-refractivity contribution in [2.75, 3.05) is 0 Å². The molecule has 4 saturated carbocycles. The third-order valence-electron chi connectivity index (χ3n) is 12.3. The van der Waals surface area contributed by atoms with E-state index in [9.17, 15) is 9.59 Å². The highest BCUT2D eigenvalue weighted by Gasteiger charge is 2.66. The number of esters is 2. The average molecular weight is 559 g/mol. The number of fused-ring (bicyclic) bond motifs is 5. The highest BCUT2D eigenvalue weighted by Crippen LogP contribution is 2.70. The van der Waals surface area contributed by atoms with E-state index >= 15 is 0 Å². The molecule has 0 aromatic carbocycles. The molecule has 0 saturated heterocycles. The molecule has 4 aliphatic rings. The van der Waals surface area contributed by atoms with Crippen LogP contribution in [0.2, 0.25) is 0 Å². The van der Waals surface area contributed by atoms with Gasteiger partial charge in [0.1, 0.15) is 12.2 Å². The Hall–Kier alpha value is -1.99. The number of carbonyl (C=O) groups excluding carboxylic acids is 2.